The number of hydrogen-bond acceptors (Lipinski definition) is 4. The second-order valence-electron chi connectivity index (χ2n) is 7.86. The van der Waals surface area contributed by atoms with Crippen LogP contribution in [-0.2, 0) is 24.1 Å². The van der Waals surface area contributed by atoms with Gasteiger partial charge in [-0.2, -0.15) is 0 Å². The van der Waals surface area contributed by atoms with Gasteiger partial charge in [0.15, 0.2) is 0 Å². The number of halogens is 1. The number of rotatable bonds is 4. The highest BCUT2D eigenvalue weighted by Gasteiger charge is 2.55. The predicted molar refractivity (Wildman–Crippen MR) is 106 cm³/mol. The molecule has 6 heteroatoms. The average Bonchev–Trinajstić information content (AvgIpc) is 3.38. The minimum atomic E-state index is -0.328. The van der Waals surface area contributed by atoms with Crippen molar-refractivity contribution in [1.29, 1.82) is 0 Å². The average molecular weight is 390 g/mol. The van der Waals surface area contributed by atoms with Gasteiger partial charge in [-0.15, -0.1) is 23.7 Å². The van der Waals surface area contributed by atoms with Crippen LogP contribution in [0.25, 0.3) is 0 Å². The molecule has 2 N–H and O–H groups in total. The smallest absolute Gasteiger partial charge is 0.228 e. The molecule has 0 unspecified atom stereocenters. The van der Waals surface area contributed by atoms with E-state index < -0.39 is 0 Å². The Morgan fingerprint density at radius 2 is 2.04 bits per heavy atom. The van der Waals surface area contributed by atoms with Crippen LogP contribution < -0.4 is 10.6 Å². The summed E-state index contributed by atoms with van der Waals surface area (Å²) in [5.74, 6) is 0.234. The molecule has 26 heavy (non-hydrogen) atoms. The first-order valence-electron chi connectivity index (χ1n) is 9.24. The van der Waals surface area contributed by atoms with Gasteiger partial charge in [-0.25, -0.2) is 4.98 Å². The minimum absolute atomic E-state index is 0. The zero-order valence-corrected chi connectivity index (χ0v) is 16.2. The molecule has 3 aliphatic rings. The quantitative estimate of drug-likeness (QED) is 0.845. The van der Waals surface area contributed by atoms with Gasteiger partial charge in [0.2, 0.25) is 5.91 Å². The van der Waals surface area contributed by atoms with Gasteiger partial charge >= 0.3 is 0 Å². The molecule has 3 atom stereocenters. The lowest BCUT2D eigenvalue weighted by molar-refractivity contribution is -0.133. The molecule has 5 rings (SSSR count). The summed E-state index contributed by atoms with van der Waals surface area (Å²) in [7, 11) is 0. The molecule has 1 aliphatic carbocycles. The van der Waals surface area contributed by atoms with Crippen LogP contribution in [0.4, 0.5) is 0 Å². The Balaban J connectivity index is 0.00000168. The Kier molecular flexibility index (Phi) is 4.80. The van der Waals surface area contributed by atoms with Crippen LogP contribution in [0.5, 0.6) is 0 Å². The van der Waals surface area contributed by atoms with Gasteiger partial charge in [0.05, 0.1) is 16.6 Å². The van der Waals surface area contributed by atoms with E-state index in [4.69, 9.17) is 0 Å². The lowest BCUT2D eigenvalue weighted by Gasteiger charge is -2.35. The minimum Gasteiger partial charge on any atom is -0.352 e. The number of hydrogen-bond donors (Lipinski definition) is 2. The number of carbonyl (C=O) groups is 1. The van der Waals surface area contributed by atoms with Crippen molar-refractivity contribution in [3.63, 3.8) is 0 Å². The lowest BCUT2D eigenvalue weighted by Crippen LogP contribution is -2.52. The van der Waals surface area contributed by atoms with Gasteiger partial charge in [-0.1, -0.05) is 24.3 Å². The Bertz CT molecular complexity index is 771. The molecule has 2 saturated heterocycles. The van der Waals surface area contributed by atoms with Gasteiger partial charge in [-0.05, 0) is 43.2 Å². The second-order valence-corrected chi connectivity index (χ2v) is 8.58. The topological polar surface area (TPSA) is 54.0 Å². The second kappa shape index (κ2) is 6.95. The van der Waals surface area contributed by atoms with Crippen molar-refractivity contribution in [3.05, 3.63) is 52.0 Å². The van der Waals surface area contributed by atoms with Crippen molar-refractivity contribution >= 4 is 29.7 Å². The summed E-state index contributed by atoms with van der Waals surface area (Å²) < 4.78 is 0. The van der Waals surface area contributed by atoms with E-state index >= 15 is 0 Å². The van der Waals surface area contributed by atoms with Gasteiger partial charge < -0.3 is 10.6 Å². The van der Waals surface area contributed by atoms with Crippen LogP contribution in [0.1, 0.15) is 36.1 Å². The third-order valence-electron chi connectivity index (χ3n) is 6.34. The summed E-state index contributed by atoms with van der Waals surface area (Å²) in [5.41, 5.74) is 5.37. The SMILES string of the molecule is Cl.O=C(NC1Cc2ccccc2C1)[C@]1(Cc2cscn2)C[C@@H]2CC[C@H]1N2. The maximum absolute atomic E-state index is 13.4. The van der Waals surface area contributed by atoms with Crippen molar-refractivity contribution in [3.8, 4) is 0 Å². The van der Waals surface area contributed by atoms with Crippen LogP contribution in [0.3, 0.4) is 0 Å². The molecule has 0 radical (unpaired) electrons. The first kappa shape index (κ1) is 18.0. The first-order valence-corrected chi connectivity index (χ1v) is 10.2. The zero-order chi connectivity index (χ0) is 16.9. The zero-order valence-electron chi connectivity index (χ0n) is 14.6. The van der Waals surface area contributed by atoms with E-state index in [0.29, 0.717) is 12.1 Å². The molecule has 2 aliphatic heterocycles. The summed E-state index contributed by atoms with van der Waals surface area (Å²) in [6, 6.07) is 9.57. The molecule has 4 nitrogen and oxygen atoms in total. The number of carbonyl (C=O) groups excluding carboxylic acids is 1. The van der Waals surface area contributed by atoms with Crippen LogP contribution >= 0.6 is 23.7 Å². The van der Waals surface area contributed by atoms with Gasteiger partial charge in [-0.3, -0.25) is 4.79 Å². The molecule has 1 aromatic heterocycles. The summed E-state index contributed by atoms with van der Waals surface area (Å²) in [6.45, 7) is 0. The van der Waals surface area contributed by atoms with E-state index in [0.717, 1.165) is 37.8 Å². The normalized spacial score (nSPS) is 29.4. The third kappa shape index (κ3) is 2.96. The number of nitrogens with zero attached hydrogens (tertiary/aromatic N) is 1. The maximum Gasteiger partial charge on any atom is 0.228 e. The molecule has 0 spiro atoms. The largest absolute Gasteiger partial charge is 0.352 e. The fourth-order valence-electron chi connectivity index (χ4n) is 5.16. The van der Waals surface area contributed by atoms with Crippen LogP contribution in [0, 0.1) is 5.41 Å². The van der Waals surface area contributed by atoms with E-state index in [1.807, 2.05) is 5.51 Å². The van der Waals surface area contributed by atoms with E-state index in [2.05, 4.69) is 45.3 Å². The predicted octanol–water partition coefficient (Wildman–Crippen LogP) is 2.90. The van der Waals surface area contributed by atoms with Crippen molar-refractivity contribution in [2.24, 2.45) is 5.41 Å². The molecule has 2 aromatic rings. The monoisotopic (exact) mass is 389 g/mol. The number of nitrogens with one attached hydrogen (secondary N) is 2. The fourth-order valence-corrected chi connectivity index (χ4v) is 5.72. The van der Waals surface area contributed by atoms with Crippen molar-refractivity contribution < 1.29 is 4.79 Å². The number of thiazole rings is 1. The molecule has 2 bridgehead atoms. The van der Waals surface area contributed by atoms with Crippen LogP contribution in [0.15, 0.2) is 35.2 Å². The molecular formula is C20H24ClN3OS. The Morgan fingerprint density at radius 3 is 2.62 bits per heavy atom. The highest BCUT2D eigenvalue weighted by molar-refractivity contribution is 7.07. The highest BCUT2D eigenvalue weighted by Crippen LogP contribution is 2.46. The van der Waals surface area contributed by atoms with Crippen LogP contribution in [0.2, 0.25) is 0 Å². The van der Waals surface area contributed by atoms with Crippen molar-refractivity contribution in [2.75, 3.05) is 0 Å². The molecule has 2 fully saturated rings. The van der Waals surface area contributed by atoms with E-state index in [-0.39, 0.29) is 29.8 Å². The first-order chi connectivity index (χ1) is 12.2. The number of amides is 1. The summed E-state index contributed by atoms with van der Waals surface area (Å²) >= 11 is 1.61. The Hall–Kier alpha value is -1.43. The summed E-state index contributed by atoms with van der Waals surface area (Å²) in [4.78, 5) is 17.9. The fraction of sp³-hybridized carbons (Fsp3) is 0.500. The van der Waals surface area contributed by atoms with Gasteiger partial charge in [0, 0.05) is 29.9 Å². The lowest BCUT2D eigenvalue weighted by atomic mass is 9.70. The molecule has 138 valence electrons. The number of benzene rings is 1. The van der Waals surface area contributed by atoms with Gasteiger partial charge in [0.25, 0.3) is 0 Å². The van der Waals surface area contributed by atoms with E-state index in [1.54, 1.807) is 11.3 Å². The molecule has 0 saturated carbocycles. The standard InChI is InChI=1S/C20H23N3OS.ClH/c24-19(23-16-7-13-3-1-2-4-14(13)8-16)20(10-17-11-25-12-21-17)9-15-5-6-18(20)22-15;/h1-4,11-12,15-16,18,22H,5-10H2,(H,23,24);1H/t15-,18+,20-;/m0./s1. The summed E-state index contributed by atoms with van der Waals surface area (Å²) in [6.07, 6.45) is 5.92. The van der Waals surface area contributed by atoms with Crippen molar-refractivity contribution in [2.45, 2.75) is 56.7 Å². The van der Waals surface area contributed by atoms with Crippen LogP contribution in [-0.4, -0.2) is 29.0 Å². The third-order valence-corrected chi connectivity index (χ3v) is 6.97. The highest BCUT2D eigenvalue weighted by atomic mass is 35.5. The van der Waals surface area contributed by atoms with Crippen molar-refractivity contribution in [1.82, 2.24) is 15.6 Å². The van der Waals surface area contributed by atoms with Gasteiger partial charge in [0.1, 0.15) is 0 Å². The van der Waals surface area contributed by atoms with E-state index in [1.165, 1.54) is 17.5 Å². The maximum atomic E-state index is 13.4. The number of aromatic nitrogens is 1. The number of fused-ring (bicyclic) bond motifs is 3. The summed E-state index contributed by atoms with van der Waals surface area (Å²) in [5, 5.41) is 9.16. The Morgan fingerprint density at radius 1 is 1.27 bits per heavy atom. The molecule has 1 aromatic carbocycles. The van der Waals surface area contributed by atoms with E-state index in [9.17, 15) is 4.79 Å². The Labute approximate surface area is 164 Å². The molecule has 3 heterocycles. The molecular weight excluding hydrogens is 366 g/mol. The molecule has 1 amide bonds.